The van der Waals surface area contributed by atoms with Crippen LogP contribution in [0.1, 0.15) is 39.2 Å². The van der Waals surface area contributed by atoms with Gasteiger partial charge in [0.15, 0.2) is 5.71 Å². The molecule has 21 heavy (non-hydrogen) atoms. The summed E-state index contributed by atoms with van der Waals surface area (Å²) in [5.41, 5.74) is 3.76. The second-order valence-corrected chi connectivity index (χ2v) is 8.76. The van der Waals surface area contributed by atoms with Crippen LogP contribution >= 0.6 is 22.6 Å². The van der Waals surface area contributed by atoms with E-state index in [4.69, 9.17) is 0 Å². The van der Waals surface area contributed by atoms with Gasteiger partial charge in [0.2, 0.25) is 5.69 Å². The molecule has 0 unspecified atom stereocenters. The van der Waals surface area contributed by atoms with Crippen LogP contribution in [-0.2, 0) is 15.5 Å². The minimum Gasteiger partial charge on any atom is -0.748 e. The van der Waals surface area contributed by atoms with E-state index in [1.165, 1.54) is 20.5 Å². The number of nitrogens with zero attached hydrogens (tertiary/aromatic N) is 1. The fourth-order valence-electron chi connectivity index (χ4n) is 2.79. The molecule has 0 saturated carbocycles. The topological polar surface area (TPSA) is 60.2 Å². The first kappa shape index (κ1) is 16.9. The molecule has 0 bridgehead atoms. The van der Waals surface area contributed by atoms with Crippen molar-refractivity contribution in [2.24, 2.45) is 0 Å². The molecule has 1 aromatic rings. The standard InChI is InChI=1S/C15H20INO3S/c1-11-15(2,3)13-10-12(16)6-7-14(13)17(11)8-4-5-9-21(18,19)20/h6-7,10H,4-5,8-9H2,1-3H3/i16+4. The zero-order chi connectivity index (χ0) is 15.8. The fraction of sp³-hybridized carbons (Fsp3) is 0.533. The van der Waals surface area contributed by atoms with E-state index in [0.29, 0.717) is 12.8 Å². The molecular weight excluding hydrogens is 405 g/mol. The van der Waals surface area contributed by atoms with Crippen LogP contribution in [0.5, 0.6) is 0 Å². The Morgan fingerprint density at radius 3 is 2.57 bits per heavy atom. The maximum atomic E-state index is 10.7. The summed E-state index contributed by atoms with van der Waals surface area (Å²) in [6.45, 7) is 7.29. The van der Waals surface area contributed by atoms with Gasteiger partial charge in [-0.2, -0.15) is 4.58 Å². The van der Waals surface area contributed by atoms with Crippen LogP contribution in [-0.4, -0.2) is 35.6 Å². The highest BCUT2D eigenvalue weighted by molar-refractivity contribution is 14.1. The molecule has 2 rings (SSSR count). The second kappa shape index (κ2) is 5.96. The Bertz CT molecular complexity index is 693. The highest BCUT2D eigenvalue weighted by Gasteiger charge is 2.42. The van der Waals surface area contributed by atoms with E-state index in [2.05, 4.69) is 66.1 Å². The lowest BCUT2D eigenvalue weighted by Crippen LogP contribution is -2.26. The van der Waals surface area contributed by atoms with Crippen molar-refractivity contribution in [1.82, 2.24) is 0 Å². The molecule has 1 heterocycles. The molecule has 0 saturated heterocycles. The van der Waals surface area contributed by atoms with Crippen molar-refractivity contribution in [3.8, 4) is 0 Å². The van der Waals surface area contributed by atoms with Crippen LogP contribution in [0.15, 0.2) is 18.2 Å². The van der Waals surface area contributed by atoms with Gasteiger partial charge in [0.05, 0.1) is 15.5 Å². The van der Waals surface area contributed by atoms with Gasteiger partial charge >= 0.3 is 0 Å². The van der Waals surface area contributed by atoms with Crippen molar-refractivity contribution < 1.29 is 17.5 Å². The van der Waals surface area contributed by atoms with E-state index in [-0.39, 0.29) is 11.2 Å². The van der Waals surface area contributed by atoms with Crippen LogP contribution in [0.3, 0.4) is 0 Å². The minimum atomic E-state index is -4.10. The molecule has 0 spiro atoms. The Labute approximate surface area is 140 Å². The highest BCUT2D eigenvalue weighted by atomic mass is 131. The van der Waals surface area contributed by atoms with E-state index < -0.39 is 10.1 Å². The summed E-state index contributed by atoms with van der Waals surface area (Å²) in [4.78, 5) is 0. The molecule has 0 radical (unpaired) electrons. The number of rotatable bonds is 5. The van der Waals surface area contributed by atoms with Gasteiger partial charge in [0.1, 0.15) is 6.54 Å². The van der Waals surface area contributed by atoms with Gasteiger partial charge in [0, 0.05) is 34.3 Å². The predicted molar refractivity (Wildman–Crippen MR) is 91.5 cm³/mol. The van der Waals surface area contributed by atoms with Gasteiger partial charge in [-0.25, -0.2) is 8.42 Å². The molecule has 0 N–H and O–H groups in total. The number of fused-ring (bicyclic) bond motifs is 1. The Hall–Kier alpha value is -0.470. The zero-order valence-corrected chi connectivity index (χ0v) is 15.5. The van der Waals surface area contributed by atoms with E-state index in [1.54, 1.807) is 0 Å². The summed E-state index contributed by atoms with van der Waals surface area (Å²) in [5.74, 6) is -0.275. The lowest BCUT2D eigenvalue weighted by Gasteiger charge is -2.14. The van der Waals surface area contributed by atoms with Crippen molar-refractivity contribution in [2.45, 2.75) is 39.0 Å². The smallest absolute Gasteiger partial charge is 0.209 e. The Morgan fingerprint density at radius 1 is 1.29 bits per heavy atom. The second-order valence-electron chi connectivity index (χ2n) is 5.99. The van der Waals surface area contributed by atoms with Crippen molar-refractivity contribution in [1.29, 1.82) is 0 Å². The Kier molecular flexibility index (Phi) is 4.80. The Balaban J connectivity index is 2.18. The largest absolute Gasteiger partial charge is 0.748 e. The average Bonchev–Trinajstić information content (AvgIpc) is 2.54. The van der Waals surface area contributed by atoms with Crippen LogP contribution < -0.4 is 0 Å². The summed E-state index contributed by atoms with van der Waals surface area (Å²) in [6, 6.07) is 6.42. The van der Waals surface area contributed by atoms with Crippen LogP contribution in [0.2, 0.25) is 0 Å². The normalized spacial score (nSPS) is 17.2. The van der Waals surface area contributed by atoms with Gasteiger partial charge in [-0.3, -0.25) is 0 Å². The molecule has 0 atom stereocenters. The first-order chi connectivity index (χ1) is 9.63. The van der Waals surface area contributed by atoms with E-state index in [1.807, 2.05) is 0 Å². The predicted octanol–water partition coefficient (Wildman–Crippen LogP) is 3.01. The lowest BCUT2D eigenvalue weighted by atomic mass is 9.82. The van der Waals surface area contributed by atoms with E-state index in [9.17, 15) is 13.0 Å². The molecule has 6 heteroatoms. The van der Waals surface area contributed by atoms with Gasteiger partial charge in [0.25, 0.3) is 0 Å². The zero-order valence-electron chi connectivity index (χ0n) is 12.5. The third-order valence-electron chi connectivity index (χ3n) is 4.26. The van der Waals surface area contributed by atoms with Crippen LogP contribution in [0, 0.1) is 3.57 Å². The van der Waals surface area contributed by atoms with Crippen LogP contribution in [0.4, 0.5) is 5.69 Å². The summed E-state index contributed by atoms with van der Waals surface area (Å²) in [5, 5.41) is 0. The molecule has 0 amide bonds. The quantitative estimate of drug-likeness (QED) is 0.316. The average molecular weight is 425 g/mol. The van der Waals surface area contributed by atoms with Gasteiger partial charge in [-0.05, 0) is 55.0 Å². The molecular formula is C15H20INO3S. The SMILES string of the molecule is CC1=[N+](CCCCS(=O)(=O)[O-])c2ccc([131I])cc2C1(C)C. The molecule has 116 valence electrons. The van der Waals surface area contributed by atoms with Crippen molar-refractivity contribution in [2.75, 3.05) is 12.3 Å². The molecule has 1 aromatic carbocycles. The highest BCUT2D eigenvalue weighted by Crippen LogP contribution is 2.40. The lowest BCUT2D eigenvalue weighted by molar-refractivity contribution is -0.439. The van der Waals surface area contributed by atoms with Gasteiger partial charge in [-0.15, -0.1) is 0 Å². The first-order valence-corrected chi connectivity index (χ1v) is 9.64. The fourth-order valence-corrected chi connectivity index (χ4v) is 3.84. The number of unbranched alkanes of at least 4 members (excludes halogenated alkanes) is 1. The monoisotopic (exact) mass is 425 g/mol. The van der Waals surface area contributed by atoms with E-state index >= 15 is 0 Å². The minimum absolute atomic E-state index is 0.0128. The maximum absolute atomic E-state index is 10.7. The summed E-state index contributed by atoms with van der Waals surface area (Å²) >= 11 is 2.32. The molecule has 4 nitrogen and oxygen atoms in total. The number of hydrogen-bond donors (Lipinski definition) is 0. The van der Waals surface area contributed by atoms with Gasteiger partial charge < -0.3 is 4.55 Å². The van der Waals surface area contributed by atoms with Crippen molar-refractivity contribution in [3.05, 3.63) is 27.3 Å². The van der Waals surface area contributed by atoms with Gasteiger partial charge in [-0.1, -0.05) is 0 Å². The molecule has 1 aliphatic rings. The van der Waals surface area contributed by atoms with Crippen molar-refractivity contribution in [3.63, 3.8) is 0 Å². The van der Waals surface area contributed by atoms with Crippen molar-refractivity contribution >= 4 is 44.1 Å². The van der Waals surface area contributed by atoms with Crippen LogP contribution in [0.25, 0.3) is 0 Å². The summed E-state index contributed by atoms with van der Waals surface area (Å²) in [7, 11) is -4.10. The number of halogens is 1. The number of hydrogen-bond acceptors (Lipinski definition) is 3. The first-order valence-electron chi connectivity index (χ1n) is 6.98. The molecule has 0 aromatic heterocycles. The third-order valence-corrected chi connectivity index (χ3v) is 5.72. The number of benzene rings is 1. The molecule has 0 fully saturated rings. The van der Waals surface area contributed by atoms with E-state index in [0.717, 1.165) is 6.54 Å². The summed E-state index contributed by atoms with van der Waals surface area (Å²) in [6.07, 6.45) is 1.11. The summed E-state index contributed by atoms with van der Waals surface area (Å²) < 4.78 is 35.4. The molecule has 1 aliphatic heterocycles. The Morgan fingerprint density at radius 2 is 1.95 bits per heavy atom. The third kappa shape index (κ3) is 3.65. The molecule has 0 aliphatic carbocycles. The maximum Gasteiger partial charge on any atom is 0.209 e.